The Morgan fingerprint density at radius 1 is 1.64 bits per heavy atom. The summed E-state index contributed by atoms with van der Waals surface area (Å²) in [7, 11) is 0. The number of hydrogen-bond acceptors (Lipinski definition) is 3. The van der Waals surface area contributed by atoms with Crippen molar-refractivity contribution >= 4 is 5.97 Å². The van der Waals surface area contributed by atoms with Gasteiger partial charge in [-0.2, -0.15) is 5.26 Å². The van der Waals surface area contributed by atoms with Crippen LogP contribution in [0.2, 0.25) is 0 Å². The molecular weight excluding hydrogens is 142 g/mol. The summed E-state index contributed by atoms with van der Waals surface area (Å²) in [5.41, 5.74) is 0.659. The molecule has 0 aliphatic rings. The molecule has 3 heteroatoms. The largest absolute Gasteiger partial charge is 0.430 e. The lowest BCUT2D eigenvalue weighted by Crippen LogP contribution is -1.99. The molecule has 0 spiro atoms. The number of hydrogen-bond donors (Lipinski definition) is 0. The Bertz CT molecular complexity index is 245. The molecule has 0 unspecified atom stereocenters. The van der Waals surface area contributed by atoms with Crippen molar-refractivity contribution in [3.05, 3.63) is 24.0 Å². The minimum absolute atomic E-state index is 0.312. The number of esters is 1. The van der Waals surface area contributed by atoms with Gasteiger partial charge in [0.05, 0.1) is 11.6 Å². The van der Waals surface area contributed by atoms with Crippen molar-refractivity contribution in [3.63, 3.8) is 0 Å². The Hall–Kier alpha value is -1.56. The first kappa shape index (κ1) is 9.44. The van der Waals surface area contributed by atoms with Gasteiger partial charge >= 0.3 is 5.97 Å². The number of nitrogens with zero attached hydrogens (tertiary/aromatic N) is 1. The van der Waals surface area contributed by atoms with E-state index in [4.69, 9.17) is 5.26 Å². The van der Waals surface area contributed by atoms with Crippen LogP contribution in [0.15, 0.2) is 24.0 Å². The summed E-state index contributed by atoms with van der Waals surface area (Å²) in [5.74, 6) is -0.514. The average Bonchev–Trinajstić information content (AvgIpc) is 1.99. The molecule has 11 heavy (non-hydrogen) atoms. The molecule has 0 fully saturated rings. The van der Waals surface area contributed by atoms with Gasteiger partial charge < -0.3 is 4.74 Å². The van der Waals surface area contributed by atoms with E-state index in [9.17, 15) is 4.79 Å². The quantitative estimate of drug-likeness (QED) is 0.260. The van der Waals surface area contributed by atoms with Gasteiger partial charge in [-0.15, -0.1) is 0 Å². The minimum atomic E-state index is -0.514. The number of rotatable bonds is 2. The van der Waals surface area contributed by atoms with Gasteiger partial charge in [0.25, 0.3) is 0 Å². The lowest BCUT2D eigenvalue weighted by Gasteiger charge is -1.95. The number of allylic oxidation sites excluding steroid dienone is 1. The molecule has 0 aromatic heterocycles. The molecule has 0 aliphatic carbocycles. The molecule has 0 amide bonds. The van der Waals surface area contributed by atoms with Crippen LogP contribution in [0.1, 0.15) is 13.8 Å². The normalized spacial score (nSPS) is 10.1. The molecule has 0 radical (unpaired) electrons. The van der Waals surface area contributed by atoms with E-state index in [1.165, 1.54) is 6.92 Å². The van der Waals surface area contributed by atoms with E-state index >= 15 is 0 Å². The van der Waals surface area contributed by atoms with Gasteiger partial charge in [0.15, 0.2) is 0 Å². The van der Waals surface area contributed by atoms with Crippen LogP contribution in [0.4, 0.5) is 0 Å². The molecule has 0 aromatic rings. The summed E-state index contributed by atoms with van der Waals surface area (Å²) in [6.45, 7) is 6.46. The molecule has 0 aliphatic heterocycles. The molecule has 0 N–H and O–H groups in total. The van der Waals surface area contributed by atoms with Crippen LogP contribution in [-0.2, 0) is 9.53 Å². The molecule has 0 bridgehead atoms. The van der Waals surface area contributed by atoms with Gasteiger partial charge in [-0.1, -0.05) is 6.58 Å². The minimum Gasteiger partial charge on any atom is -0.430 e. The van der Waals surface area contributed by atoms with Gasteiger partial charge in [0, 0.05) is 5.57 Å². The predicted molar refractivity (Wildman–Crippen MR) is 40.3 cm³/mol. The van der Waals surface area contributed by atoms with E-state index in [1.54, 1.807) is 6.92 Å². The fourth-order valence-corrected chi connectivity index (χ4v) is 0.269. The second-order valence-corrected chi connectivity index (χ2v) is 2.10. The van der Waals surface area contributed by atoms with Crippen LogP contribution in [0.5, 0.6) is 0 Å². The van der Waals surface area contributed by atoms with Gasteiger partial charge in [-0.05, 0) is 13.8 Å². The Balaban J connectivity index is 4.01. The van der Waals surface area contributed by atoms with Crippen molar-refractivity contribution in [3.8, 4) is 6.07 Å². The fraction of sp³-hybridized carbons (Fsp3) is 0.250. The van der Waals surface area contributed by atoms with Crippen LogP contribution in [0.3, 0.4) is 0 Å². The van der Waals surface area contributed by atoms with Gasteiger partial charge in [0.2, 0.25) is 0 Å². The van der Waals surface area contributed by atoms with Crippen molar-refractivity contribution in [2.24, 2.45) is 0 Å². The second kappa shape index (κ2) is 4.29. The van der Waals surface area contributed by atoms with Crippen molar-refractivity contribution in [1.29, 1.82) is 5.26 Å². The molecule has 0 rings (SSSR count). The third-order valence-electron chi connectivity index (χ3n) is 0.868. The van der Waals surface area contributed by atoms with Crippen molar-refractivity contribution in [2.75, 3.05) is 0 Å². The third-order valence-corrected chi connectivity index (χ3v) is 0.868. The standard InChI is InChI=1S/C8H9NO2/c1-6(2)8(10)11-5-7(3)4-9/h5H,1H2,2-3H3/b7-5+. The highest BCUT2D eigenvalue weighted by Crippen LogP contribution is 1.95. The van der Waals surface area contributed by atoms with E-state index < -0.39 is 5.97 Å². The number of nitriles is 1. The molecule has 0 heterocycles. The maximum Gasteiger partial charge on any atom is 0.337 e. The van der Waals surface area contributed by atoms with Gasteiger partial charge in [-0.25, -0.2) is 4.79 Å². The number of carbonyl (C=O) groups excluding carboxylic acids is 1. The van der Waals surface area contributed by atoms with Crippen molar-refractivity contribution in [2.45, 2.75) is 13.8 Å². The van der Waals surface area contributed by atoms with E-state index in [0.717, 1.165) is 6.26 Å². The zero-order valence-corrected chi connectivity index (χ0v) is 6.55. The van der Waals surface area contributed by atoms with Crippen LogP contribution < -0.4 is 0 Å². The van der Waals surface area contributed by atoms with Crippen molar-refractivity contribution in [1.82, 2.24) is 0 Å². The Kier molecular flexibility index (Phi) is 3.68. The lowest BCUT2D eigenvalue weighted by atomic mass is 10.3. The summed E-state index contributed by atoms with van der Waals surface area (Å²) in [5, 5.41) is 8.25. The highest BCUT2D eigenvalue weighted by atomic mass is 16.5. The topological polar surface area (TPSA) is 50.1 Å². The Morgan fingerprint density at radius 3 is 2.55 bits per heavy atom. The van der Waals surface area contributed by atoms with Crippen LogP contribution >= 0.6 is 0 Å². The van der Waals surface area contributed by atoms with Crippen molar-refractivity contribution < 1.29 is 9.53 Å². The Labute approximate surface area is 65.6 Å². The molecule has 0 saturated heterocycles. The maximum atomic E-state index is 10.7. The van der Waals surface area contributed by atoms with Gasteiger partial charge in [-0.3, -0.25) is 0 Å². The first-order valence-corrected chi connectivity index (χ1v) is 3.01. The van der Waals surface area contributed by atoms with Gasteiger partial charge in [0.1, 0.15) is 6.26 Å². The van der Waals surface area contributed by atoms with E-state index in [-0.39, 0.29) is 0 Å². The number of carbonyl (C=O) groups is 1. The van der Waals surface area contributed by atoms with Crippen LogP contribution in [0.25, 0.3) is 0 Å². The molecule has 0 saturated carbocycles. The van der Waals surface area contributed by atoms with E-state index in [1.807, 2.05) is 6.07 Å². The molecule has 0 aromatic carbocycles. The van der Waals surface area contributed by atoms with Crippen LogP contribution in [-0.4, -0.2) is 5.97 Å². The third kappa shape index (κ3) is 3.93. The summed E-state index contributed by atoms with van der Waals surface area (Å²) >= 11 is 0. The first-order valence-electron chi connectivity index (χ1n) is 3.01. The SMILES string of the molecule is C=C(C)C(=O)O/C=C(\C)C#N. The zero-order chi connectivity index (χ0) is 8.85. The van der Waals surface area contributed by atoms with E-state index in [0.29, 0.717) is 11.1 Å². The fourth-order valence-electron chi connectivity index (χ4n) is 0.269. The van der Waals surface area contributed by atoms with Crippen LogP contribution in [0, 0.1) is 11.3 Å². The molecular formula is C8H9NO2. The predicted octanol–water partition coefficient (Wildman–Crippen LogP) is 1.53. The average molecular weight is 151 g/mol. The monoisotopic (exact) mass is 151 g/mol. The highest BCUT2D eigenvalue weighted by molar-refractivity contribution is 5.87. The lowest BCUT2D eigenvalue weighted by molar-refractivity contribution is -0.133. The molecule has 3 nitrogen and oxygen atoms in total. The first-order chi connectivity index (χ1) is 5.07. The summed E-state index contributed by atoms with van der Waals surface area (Å²) in [6.07, 6.45) is 1.11. The Morgan fingerprint density at radius 2 is 2.18 bits per heavy atom. The summed E-state index contributed by atoms with van der Waals surface area (Å²) in [4.78, 5) is 10.7. The molecule has 0 atom stereocenters. The zero-order valence-electron chi connectivity index (χ0n) is 6.55. The summed E-state index contributed by atoms with van der Waals surface area (Å²) in [6, 6.07) is 1.81. The second-order valence-electron chi connectivity index (χ2n) is 2.10. The number of ether oxygens (including phenoxy) is 1. The maximum absolute atomic E-state index is 10.7. The van der Waals surface area contributed by atoms with E-state index in [2.05, 4.69) is 11.3 Å². The molecule has 58 valence electrons. The highest BCUT2D eigenvalue weighted by Gasteiger charge is 1.99. The summed E-state index contributed by atoms with van der Waals surface area (Å²) < 4.78 is 4.53. The smallest absolute Gasteiger partial charge is 0.337 e.